The maximum atomic E-state index is 9.38. The summed E-state index contributed by atoms with van der Waals surface area (Å²) in [6.07, 6.45) is 3.64. The first kappa shape index (κ1) is 18.1. The second kappa shape index (κ2) is 9.70. The minimum absolute atomic E-state index is 0.129. The molecule has 3 aromatic rings. The van der Waals surface area contributed by atoms with Crippen LogP contribution in [0.4, 0.5) is 0 Å². The quantitative estimate of drug-likeness (QED) is 0.641. The first-order valence-electron chi connectivity index (χ1n) is 8.81. The van der Waals surface area contributed by atoms with E-state index in [1.54, 1.807) is 6.20 Å². The van der Waals surface area contributed by atoms with Gasteiger partial charge in [0.15, 0.2) is 0 Å². The third-order valence-corrected chi connectivity index (χ3v) is 4.10. The normalized spacial score (nSPS) is 10.8. The molecule has 4 nitrogen and oxygen atoms in total. The summed E-state index contributed by atoms with van der Waals surface area (Å²) in [5, 5.41) is 9.38. The molecule has 0 amide bonds. The lowest BCUT2D eigenvalue weighted by Crippen LogP contribution is -2.26. The number of benzene rings is 2. The van der Waals surface area contributed by atoms with E-state index in [-0.39, 0.29) is 6.61 Å². The fourth-order valence-electron chi connectivity index (χ4n) is 2.84. The predicted octanol–water partition coefficient (Wildman–Crippen LogP) is 3.66. The van der Waals surface area contributed by atoms with E-state index < -0.39 is 0 Å². The number of pyridine rings is 1. The summed E-state index contributed by atoms with van der Waals surface area (Å²) in [6.45, 7) is 2.80. The van der Waals surface area contributed by atoms with Crippen molar-refractivity contribution < 1.29 is 9.84 Å². The summed E-state index contributed by atoms with van der Waals surface area (Å²) in [5.41, 5.74) is 3.45. The number of aliphatic hydroxyl groups excluding tert-OH is 1. The zero-order valence-corrected chi connectivity index (χ0v) is 14.8. The van der Waals surface area contributed by atoms with E-state index in [1.807, 2.05) is 42.6 Å². The smallest absolute Gasteiger partial charge is 0.120 e. The Bertz CT molecular complexity index is 778. The molecular weight excluding hydrogens is 324 g/mol. The molecule has 0 fully saturated rings. The van der Waals surface area contributed by atoms with Crippen LogP contribution in [-0.2, 0) is 19.7 Å². The fraction of sp³-hybridized carbons (Fsp3) is 0.227. The number of hydrogen-bond acceptors (Lipinski definition) is 4. The van der Waals surface area contributed by atoms with Gasteiger partial charge in [0.2, 0.25) is 0 Å². The van der Waals surface area contributed by atoms with Crippen LogP contribution in [0.15, 0.2) is 79.1 Å². The summed E-state index contributed by atoms with van der Waals surface area (Å²) in [4.78, 5) is 6.36. The Kier molecular flexibility index (Phi) is 6.76. The average molecular weight is 348 g/mol. The Hall–Kier alpha value is -2.69. The number of ether oxygens (including phenoxy) is 1. The second-order valence-corrected chi connectivity index (χ2v) is 6.22. The minimum atomic E-state index is 0.129. The predicted molar refractivity (Wildman–Crippen MR) is 103 cm³/mol. The molecule has 134 valence electrons. The Morgan fingerprint density at radius 1 is 0.846 bits per heavy atom. The Balaban J connectivity index is 1.62. The van der Waals surface area contributed by atoms with Crippen molar-refractivity contribution in [3.05, 3.63) is 95.8 Å². The second-order valence-electron chi connectivity index (χ2n) is 6.22. The van der Waals surface area contributed by atoms with Crippen molar-refractivity contribution in [2.75, 3.05) is 13.2 Å². The SMILES string of the molecule is OCCN(Cc1cccnc1)Cc1cccc(OCc2ccccc2)c1. The van der Waals surface area contributed by atoms with Gasteiger partial charge in [-0.1, -0.05) is 48.5 Å². The molecule has 0 radical (unpaired) electrons. The Morgan fingerprint density at radius 2 is 1.62 bits per heavy atom. The Labute approximate surface area is 154 Å². The van der Waals surface area contributed by atoms with Crippen LogP contribution < -0.4 is 4.74 Å². The van der Waals surface area contributed by atoms with Crippen molar-refractivity contribution in [2.45, 2.75) is 19.7 Å². The molecule has 0 saturated carbocycles. The van der Waals surface area contributed by atoms with E-state index in [9.17, 15) is 5.11 Å². The van der Waals surface area contributed by atoms with Gasteiger partial charge in [0.05, 0.1) is 6.61 Å². The molecule has 0 unspecified atom stereocenters. The van der Waals surface area contributed by atoms with Gasteiger partial charge in [-0.25, -0.2) is 0 Å². The minimum Gasteiger partial charge on any atom is -0.489 e. The molecule has 0 saturated heterocycles. The zero-order valence-electron chi connectivity index (χ0n) is 14.8. The lowest BCUT2D eigenvalue weighted by molar-refractivity contribution is 0.184. The van der Waals surface area contributed by atoms with Gasteiger partial charge in [-0.2, -0.15) is 0 Å². The number of aliphatic hydroxyl groups is 1. The van der Waals surface area contributed by atoms with Crippen LogP contribution in [0.1, 0.15) is 16.7 Å². The van der Waals surface area contributed by atoms with Crippen LogP contribution in [-0.4, -0.2) is 28.1 Å². The maximum Gasteiger partial charge on any atom is 0.120 e. The van der Waals surface area contributed by atoms with Crippen molar-refractivity contribution in [3.8, 4) is 5.75 Å². The lowest BCUT2D eigenvalue weighted by atomic mass is 10.2. The fourth-order valence-corrected chi connectivity index (χ4v) is 2.84. The highest BCUT2D eigenvalue weighted by molar-refractivity contribution is 5.29. The summed E-state index contributed by atoms with van der Waals surface area (Å²) in [7, 11) is 0. The van der Waals surface area contributed by atoms with Crippen LogP contribution in [0.3, 0.4) is 0 Å². The topological polar surface area (TPSA) is 45.6 Å². The van der Waals surface area contributed by atoms with Crippen LogP contribution >= 0.6 is 0 Å². The number of rotatable bonds is 9. The molecule has 1 heterocycles. The van der Waals surface area contributed by atoms with E-state index in [1.165, 1.54) is 0 Å². The molecule has 0 spiro atoms. The molecular formula is C22H24N2O2. The molecule has 0 bridgehead atoms. The van der Waals surface area contributed by atoms with Crippen LogP contribution in [0.25, 0.3) is 0 Å². The summed E-state index contributed by atoms with van der Waals surface area (Å²) >= 11 is 0. The van der Waals surface area contributed by atoms with Gasteiger partial charge in [0.1, 0.15) is 12.4 Å². The first-order chi connectivity index (χ1) is 12.8. The van der Waals surface area contributed by atoms with Crippen molar-refractivity contribution in [3.63, 3.8) is 0 Å². The van der Waals surface area contributed by atoms with E-state index >= 15 is 0 Å². The van der Waals surface area contributed by atoms with E-state index in [2.05, 4.69) is 40.2 Å². The number of nitrogens with zero attached hydrogens (tertiary/aromatic N) is 2. The van der Waals surface area contributed by atoms with E-state index in [0.717, 1.165) is 35.5 Å². The van der Waals surface area contributed by atoms with Crippen molar-refractivity contribution >= 4 is 0 Å². The monoisotopic (exact) mass is 348 g/mol. The maximum absolute atomic E-state index is 9.38. The van der Waals surface area contributed by atoms with Gasteiger partial charge in [-0.3, -0.25) is 9.88 Å². The van der Waals surface area contributed by atoms with E-state index in [0.29, 0.717) is 13.2 Å². The highest BCUT2D eigenvalue weighted by Crippen LogP contribution is 2.17. The summed E-state index contributed by atoms with van der Waals surface area (Å²) < 4.78 is 5.91. The molecule has 0 atom stereocenters. The van der Waals surface area contributed by atoms with Gasteiger partial charge < -0.3 is 9.84 Å². The largest absolute Gasteiger partial charge is 0.489 e. The third kappa shape index (κ3) is 5.69. The van der Waals surface area contributed by atoms with Crippen molar-refractivity contribution in [2.24, 2.45) is 0 Å². The van der Waals surface area contributed by atoms with Crippen LogP contribution in [0, 0.1) is 0 Å². The van der Waals surface area contributed by atoms with Crippen LogP contribution in [0.2, 0.25) is 0 Å². The standard InChI is InChI=1S/C22H24N2O2/c25-13-12-24(17-21-9-5-11-23-15-21)16-20-8-4-10-22(14-20)26-18-19-6-2-1-3-7-19/h1-11,14-15,25H,12-13,16-18H2. The molecule has 1 aromatic heterocycles. The van der Waals surface area contributed by atoms with Gasteiger partial charge in [-0.15, -0.1) is 0 Å². The highest BCUT2D eigenvalue weighted by atomic mass is 16.5. The third-order valence-electron chi connectivity index (χ3n) is 4.10. The summed E-state index contributed by atoms with van der Waals surface area (Å²) in [5.74, 6) is 0.858. The molecule has 0 aliphatic carbocycles. The highest BCUT2D eigenvalue weighted by Gasteiger charge is 2.08. The van der Waals surface area contributed by atoms with Crippen molar-refractivity contribution in [1.82, 2.24) is 9.88 Å². The molecule has 26 heavy (non-hydrogen) atoms. The molecule has 3 rings (SSSR count). The molecule has 2 aromatic carbocycles. The van der Waals surface area contributed by atoms with Gasteiger partial charge in [-0.05, 0) is 34.9 Å². The van der Waals surface area contributed by atoms with Gasteiger partial charge in [0.25, 0.3) is 0 Å². The first-order valence-corrected chi connectivity index (χ1v) is 8.81. The summed E-state index contributed by atoms with van der Waals surface area (Å²) in [6, 6.07) is 22.3. The van der Waals surface area contributed by atoms with Crippen LogP contribution in [0.5, 0.6) is 5.75 Å². The van der Waals surface area contributed by atoms with Gasteiger partial charge in [0, 0.05) is 32.0 Å². The van der Waals surface area contributed by atoms with Gasteiger partial charge >= 0.3 is 0 Å². The molecule has 1 N–H and O–H groups in total. The Morgan fingerprint density at radius 3 is 2.38 bits per heavy atom. The average Bonchev–Trinajstić information content (AvgIpc) is 2.68. The zero-order chi connectivity index (χ0) is 18.0. The number of aromatic nitrogens is 1. The molecule has 4 heteroatoms. The molecule has 0 aliphatic rings. The molecule has 0 aliphatic heterocycles. The number of hydrogen-bond donors (Lipinski definition) is 1. The lowest BCUT2D eigenvalue weighted by Gasteiger charge is -2.21. The van der Waals surface area contributed by atoms with Crippen molar-refractivity contribution in [1.29, 1.82) is 0 Å². The van der Waals surface area contributed by atoms with E-state index in [4.69, 9.17) is 4.74 Å².